The molecule has 1 heterocycles. The molecular formula is C21H22N3O5S-. The Labute approximate surface area is 175 Å². The lowest BCUT2D eigenvalue weighted by Crippen LogP contribution is -2.44. The molecule has 158 valence electrons. The molecule has 2 aromatic rings. The molecule has 1 N–H and O–H groups in total. The number of aromatic carboxylic acids is 1. The highest BCUT2D eigenvalue weighted by Crippen LogP contribution is 2.24. The molecule has 1 saturated heterocycles. The van der Waals surface area contributed by atoms with Gasteiger partial charge in [0, 0.05) is 13.1 Å². The number of carbonyl (C=O) groups excluding carboxylic acids is 2. The standard InChI is InChI=1S/C21H23N3O5S/c1-15-4-10-19(11-5-15)30(28,29)24-12-2-3-18(14-24)20(25)23-22-13-16-6-8-17(9-7-16)21(26)27/h4-11,13,18H,2-3,12,14H2,1H3,(H,23,25)(H,26,27)/p-1/b22-13-/t18-/m1/s1. The third-order valence-corrected chi connectivity index (χ3v) is 6.83. The molecule has 3 rings (SSSR count). The van der Waals surface area contributed by atoms with Crippen LogP contribution < -0.4 is 10.5 Å². The Kier molecular flexibility index (Phi) is 6.63. The van der Waals surface area contributed by atoms with Gasteiger partial charge in [0.25, 0.3) is 0 Å². The van der Waals surface area contributed by atoms with Crippen molar-refractivity contribution < 1.29 is 23.1 Å². The lowest BCUT2D eigenvalue weighted by Gasteiger charge is -2.30. The summed E-state index contributed by atoms with van der Waals surface area (Å²) in [5, 5.41) is 14.6. The van der Waals surface area contributed by atoms with Crippen molar-refractivity contribution in [2.75, 3.05) is 13.1 Å². The van der Waals surface area contributed by atoms with Crippen molar-refractivity contribution in [1.29, 1.82) is 0 Å². The number of carbonyl (C=O) groups is 2. The molecule has 1 aliphatic rings. The molecule has 0 saturated carbocycles. The number of sulfonamides is 1. The first kappa shape index (κ1) is 21.7. The zero-order valence-electron chi connectivity index (χ0n) is 16.4. The van der Waals surface area contributed by atoms with Gasteiger partial charge in [0.2, 0.25) is 15.9 Å². The molecule has 2 aromatic carbocycles. The minimum Gasteiger partial charge on any atom is -0.545 e. The maximum absolute atomic E-state index is 12.9. The van der Waals surface area contributed by atoms with E-state index < -0.39 is 21.9 Å². The average Bonchev–Trinajstić information content (AvgIpc) is 2.74. The van der Waals surface area contributed by atoms with Gasteiger partial charge in [-0.05, 0) is 43.0 Å². The maximum Gasteiger partial charge on any atom is 0.244 e. The van der Waals surface area contributed by atoms with Crippen LogP contribution in [0.5, 0.6) is 0 Å². The molecule has 30 heavy (non-hydrogen) atoms. The van der Waals surface area contributed by atoms with E-state index in [1.54, 1.807) is 24.3 Å². The second-order valence-corrected chi connectivity index (χ2v) is 9.10. The summed E-state index contributed by atoms with van der Waals surface area (Å²) in [7, 11) is -3.66. The van der Waals surface area contributed by atoms with Crippen molar-refractivity contribution in [2.24, 2.45) is 11.0 Å². The van der Waals surface area contributed by atoms with E-state index in [9.17, 15) is 23.1 Å². The number of piperidine rings is 1. The van der Waals surface area contributed by atoms with E-state index in [2.05, 4.69) is 10.5 Å². The topological polar surface area (TPSA) is 119 Å². The molecular weight excluding hydrogens is 406 g/mol. The summed E-state index contributed by atoms with van der Waals surface area (Å²) in [6.45, 7) is 2.35. The van der Waals surface area contributed by atoms with Crippen LogP contribution >= 0.6 is 0 Å². The van der Waals surface area contributed by atoms with E-state index in [4.69, 9.17) is 0 Å². The first-order valence-corrected chi connectivity index (χ1v) is 10.9. The van der Waals surface area contributed by atoms with Crippen LogP contribution in [0.15, 0.2) is 58.5 Å². The van der Waals surface area contributed by atoms with Crippen LogP contribution in [-0.2, 0) is 14.8 Å². The molecule has 0 unspecified atom stereocenters. The van der Waals surface area contributed by atoms with E-state index in [0.717, 1.165) is 5.56 Å². The van der Waals surface area contributed by atoms with Gasteiger partial charge in [-0.15, -0.1) is 0 Å². The maximum atomic E-state index is 12.9. The normalized spacial score (nSPS) is 17.7. The number of nitrogens with zero attached hydrogens (tertiary/aromatic N) is 2. The van der Waals surface area contributed by atoms with Gasteiger partial charge in [0.05, 0.1) is 23.0 Å². The van der Waals surface area contributed by atoms with E-state index in [1.165, 1.54) is 34.8 Å². The van der Waals surface area contributed by atoms with Crippen LogP contribution in [0.25, 0.3) is 0 Å². The Morgan fingerprint density at radius 1 is 1.13 bits per heavy atom. The van der Waals surface area contributed by atoms with Crippen molar-refractivity contribution >= 4 is 28.1 Å². The number of aryl methyl sites for hydroxylation is 1. The molecule has 0 bridgehead atoms. The third-order valence-electron chi connectivity index (χ3n) is 4.95. The zero-order valence-corrected chi connectivity index (χ0v) is 17.3. The minimum atomic E-state index is -3.66. The number of hydrogen-bond acceptors (Lipinski definition) is 6. The first-order valence-electron chi connectivity index (χ1n) is 9.48. The average molecular weight is 428 g/mol. The van der Waals surface area contributed by atoms with E-state index in [-0.39, 0.29) is 22.9 Å². The van der Waals surface area contributed by atoms with Gasteiger partial charge in [-0.2, -0.15) is 9.41 Å². The lowest BCUT2D eigenvalue weighted by molar-refractivity contribution is -0.255. The number of hydrazone groups is 1. The third kappa shape index (κ3) is 5.11. The quantitative estimate of drug-likeness (QED) is 0.542. The molecule has 0 spiro atoms. The molecule has 0 radical (unpaired) electrons. The Morgan fingerprint density at radius 3 is 2.43 bits per heavy atom. The van der Waals surface area contributed by atoms with Crippen molar-refractivity contribution in [3.63, 3.8) is 0 Å². The largest absolute Gasteiger partial charge is 0.545 e. The molecule has 1 amide bonds. The van der Waals surface area contributed by atoms with Crippen LogP contribution in [0, 0.1) is 12.8 Å². The van der Waals surface area contributed by atoms with Crippen LogP contribution in [0.1, 0.15) is 34.3 Å². The van der Waals surface area contributed by atoms with E-state index in [0.29, 0.717) is 24.9 Å². The van der Waals surface area contributed by atoms with Gasteiger partial charge in [-0.1, -0.05) is 42.0 Å². The van der Waals surface area contributed by atoms with Gasteiger partial charge in [0.1, 0.15) is 0 Å². The predicted octanol–water partition coefficient (Wildman–Crippen LogP) is 0.910. The summed E-state index contributed by atoms with van der Waals surface area (Å²) in [5.41, 5.74) is 4.06. The first-order chi connectivity index (χ1) is 14.3. The fourth-order valence-corrected chi connectivity index (χ4v) is 4.72. The molecule has 9 heteroatoms. The molecule has 0 aliphatic carbocycles. The van der Waals surface area contributed by atoms with Crippen LogP contribution in [0.4, 0.5) is 0 Å². The SMILES string of the molecule is Cc1ccc(S(=O)(=O)N2CCC[C@@H](C(=O)N/N=C\c3ccc(C(=O)[O-])cc3)C2)cc1. The Morgan fingerprint density at radius 2 is 1.80 bits per heavy atom. The smallest absolute Gasteiger partial charge is 0.244 e. The number of carboxylic acid groups (broad SMARTS) is 1. The number of benzene rings is 2. The molecule has 8 nitrogen and oxygen atoms in total. The Balaban J connectivity index is 1.61. The number of nitrogens with one attached hydrogen (secondary N) is 1. The van der Waals surface area contributed by atoms with Gasteiger partial charge in [-0.25, -0.2) is 13.8 Å². The van der Waals surface area contributed by atoms with Crippen LogP contribution in [0.3, 0.4) is 0 Å². The summed E-state index contributed by atoms with van der Waals surface area (Å²) >= 11 is 0. The molecule has 1 fully saturated rings. The van der Waals surface area contributed by atoms with Gasteiger partial charge >= 0.3 is 0 Å². The lowest BCUT2D eigenvalue weighted by atomic mass is 9.99. The van der Waals surface area contributed by atoms with Gasteiger partial charge < -0.3 is 9.90 Å². The predicted molar refractivity (Wildman–Crippen MR) is 109 cm³/mol. The molecule has 1 atom stereocenters. The number of carboxylic acids is 1. The van der Waals surface area contributed by atoms with Gasteiger partial charge in [0.15, 0.2) is 0 Å². The zero-order chi connectivity index (χ0) is 21.7. The fraction of sp³-hybridized carbons (Fsp3) is 0.286. The van der Waals surface area contributed by atoms with E-state index >= 15 is 0 Å². The van der Waals surface area contributed by atoms with Gasteiger partial charge in [-0.3, -0.25) is 4.79 Å². The highest BCUT2D eigenvalue weighted by atomic mass is 32.2. The molecule has 1 aliphatic heterocycles. The Hall–Kier alpha value is -3.04. The van der Waals surface area contributed by atoms with Crippen LogP contribution in [-0.4, -0.2) is 43.9 Å². The summed E-state index contributed by atoms with van der Waals surface area (Å²) in [5.74, 6) is -2.13. The van der Waals surface area contributed by atoms with Crippen LogP contribution in [0.2, 0.25) is 0 Å². The summed E-state index contributed by atoms with van der Waals surface area (Å²) in [6.07, 6.45) is 2.54. The Bertz CT molecular complexity index is 1050. The molecule has 0 aromatic heterocycles. The summed E-state index contributed by atoms with van der Waals surface area (Å²) in [6, 6.07) is 12.5. The van der Waals surface area contributed by atoms with Crippen molar-refractivity contribution in [2.45, 2.75) is 24.7 Å². The second-order valence-electron chi connectivity index (χ2n) is 7.16. The number of amides is 1. The summed E-state index contributed by atoms with van der Waals surface area (Å²) < 4.78 is 27.1. The highest BCUT2D eigenvalue weighted by Gasteiger charge is 2.33. The van der Waals surface area contributed by atoms with Crippen molar-refractivity contribution in [1.82, 2.24) is 9.73 Å². The second kappa shape index (κ2) is 9.19. The minimum absolute atomic E-state index is 0.0493. The number of hydrogen-bond donors (Lipinski definition) is 1. The monoisotopic (exact) mass is 428 g/mol. The fourth-order valence-electron chi connectivity index (χ4n) is 3.20. The highest BCUT2D eigenvalue weighted by molar-refractivity contribution is 7.89. The van der Waals surface area contributed by atoms with Crippen molar-refractivity contribution in [3.05, 3.63) is 65.2 Å². The van der Waals surface area contributed by atoms with E-state index in [1.807, 2.05) is 6.92 Å². The summed E-state index contributed by atoms with van der Waals surface area (Å²) in [4.78, 5) is 23.4. The number of rotatable bonds is 6. The van der Waals surface area contributed by atoms with Crippen molar-refractivity contribution in [3.8, 4) is 0 Å².